The molecular weight excluding hydrogens is 514 g/mol. The van der Waals surface area contributed by atoms with E-state index in [1.807, 2.05) is 95.5 Å². The largest absolute Gasteiger partial charge is 0.454 e. The smallest absolute Gasteiger partial charge is 0.322 e. The molecule has 8 nitrogen and oxygen atoms in total. The van der Waals surface area contributed by atoms with E-state index in [0.717, 1.165) is 34.0 Å². The van der Waals surface area contributed by atoms with Crippen molar-refractivity contribution in [3.63, 3.8) is 0 Å². The van der Waals surface area contributed by atoms with E-state index in [1.165, 1.54) is 0 Å². The predicted octanol–water partition coefficient (Wildman–Crippen LogP) is 6.49. The Kier molecular flexibility index (Phi) is 5.56. The molecule has 2 amide bonds. The molecule has 1 N–H and O–H groups in total. The van der Waals surface area contributed by atoms with Gasteiger partial charge in [0, 0.05) is 28.5 Å². The number of ether oxygens (including phenoxy) is 2. The van der Waals surface area contributed by atoms with E-state index in [4.69, 9.17) is 26.2 Å². The number of halogens is 1. The van der Waals surface area contributed by atoms with Crippen molar-refractivity contribution < 1.29 is 14.3 Å². The Morgan fingerprint density at radius 1 is 0.974 bits per heavy atom. The maximum atomic E-state index is 14.1. The number of fused-ring (bicyclic) bond motifs is 4. The number of hydrogen-bond acceptors (Lipinski definition) is 4. The number of hydrogen-bond donors (Lipinski definition) is 1. The summed E-state index contributed by atoms with van der Waals surface area (Å²) in [6.07, 6.45) is 2.02. The van der Waals surface area contributed by atoms with Crippen molar-refractivity contribution in [3.8, 4) is 23.0 Å². The van der Waals surface area contributed by atoms with Crippen LogP contribution >= 0.6 is 11.6 Å². The molecule has 1 atom stereocenters. The van der Waals surface area contributed by atoms with Crippen LogP contribution in [0.4, 0.5) is 10.5 Å². The average Bonchev–Trinajstić information content (AvgIpc) is 3.66. The standard InChI is InChI=1S/C30H24ClN5O3/c1-19-24-17-35(30(37)32-22-12-13-26-27(16-22)39-18-38-26)28(20-7-5-8-21(31)15-20)25-11-6-14-34(25)29(24)36(33-19)23-9-3-2-4-10-23/h2-16,28H,17-18H2,1H3,(H,32,37)/t28-/m0/s1. The third-order valence-corrected chi connectivity index (χ3v) is 7.37. The Morgan fingerprint density at radius 2 is 1.82 bits per heavy atom. The number of benzene rings is 3. The second-order valence-corrected chi connectivity index (χ2v) is 9.96. The fraction of sp³-hybridized carbons (Fsp3) is 0.133. The van der Waals surface area contributed by atoms with Gasteiger partial charge in [-0.15, -0.1) is 0 Å². The van der Waals surface area contributed by atoms with E-state index < -0.39 is 6.04 Å². The number of aryl methyl sites for hydroxylation is 1. The van der Waals surface area contributed by atoms with E-state index in [9.17, 15) is 4.79 Å². The Labute approximate surface area is 230 Å². The topological polar surface area (TPSA) is 73.6 Å². The molecule has 0 aliphatic carbocycles. The molecule has 0 spiro atoms. The summed E-state index contributed by atoms with van der Waals surface area (Å²) in [5.41, 5.74) is 5.20. The number of nitrogens with zero attached hydrogens (tertiary/aromatic N) is 4. The van der Waals surface area contributed by atoms with E-state index in [0.29, 0.717) is 28.8 Å². The molecule has 0 bridgehead atoms. The number of carbonyl (C=O) groups is 1. The van der Waals surface area contributed by atoms with Gasteiger partial charge in [0.05, 0.1) is 29.7 Å². The first-order valence-electron chi connectivity index (χ1n) is 12.6. The number of aromatic nitrogens is 3. The van der Waals surface area contributed by atoms with Gasteiger partial charge in [0.2, 0.25) is 6.79 Å². The lowest BCUT2D eigenvalue weighted by Gasteiger charge is -2.31. The van der Waals surface area contributed by atoms with Gasteiger partial charge in [-0.2, -0.15) is 5.10 Å². The third-order valence-electron chi connectivity index (χ3n) is 7.14. The van der Waals surface area contributed by atoms with E-state index in [1.54, 1.807) is 12.1 Å². The van der Waals surface area contributed by atoms with Crippen LogP contribution in [0, 0.1) is 6.92 Å². The first-order chi connectivity index (χ1) is 19.1. The summed E-state index contributed by atoms with van der Waals surface area (Å²) in [6.45, 7) is 2.48. The molecule has 2 aromatic heterocycles. The van der Waals surface area contributed by atoms with Gasteiger partial charge in [0.25, 0.3) is 0 Å². The van der Waals surface area contributed by atoms with E-state index in [-0.39, 0.29) is 12.8 Å². The molecule has 5 aromatic rings. The molecule has 0 saturated heterocycles. The van der Waals surface area contributed by atoms with Gasteiger partial charge >= 0.3 is 6.03 Å². The summed E-state index contributed by atoms with van der Waals surface area (Å²) in [5, 5.41) is 8.58. The first-order valence-corrected chi connectivity index (χ1v) is 13.0. The van der Waals surface area contributed by atoms with Crippen molar-refractivity contribution in [1.82, 2.24) is 19.2 Å². The zero-order valence-corrected chi connectivity index (χ0v) is 21.8. The van der Waals surface area contributed by atoms with Gasteiger partial charge in [0.15, 0.2) is 11.5 Å². The van der Waals surface area contributed by atoms with Crippen LogP contribution in [0.2, 0.25) is 5.02 Å². The van der Waals surface area contributed by atoms with Crippen molar-refractivity contribution in [2.24, 2.45) is 0 Å². The molecule has 4 heterocycles. The highest BCUT2D eigenvalue weighted by atomic mass is 35.5. The van der Waals surface area contributed by atoms with Gasteiger partial charge in [-0.1, -0.05) is 41.9 Å². The van der Waals surface area contributed by atoms with Crippen molar-refractivity contribution in [2.45, 2.75) is 19.5 Å². The lowest BCUT2D eigenvalue weighted by molar-refractivity contribution is 0.174. The number of amides is 2. The molecule has 0 radical (unpaired) electrons. The van der Waals surface area contributed by atoms with Crippen LogP contribution < -0.4 is 14.8 Å². The van der Waals surface area contributed by atoms with Crippen LogP contribution in [0.1, 0.15) is 28.6 Å². The van der Waals surface area contributed by atoms with Crippen LogP contribution in [0.15, 0.2) is 91.1 Å². The van der Waals surface area contributed by atoms with E-state index in [2.05, 4.69) is 9.88 Å². The molecule has 194 valence electrons. The van der Waals surface area contributed by atoms with Crippen LogP contribution in [0.3, 0.4) is 0 Å². The summed E-state index contributed by atoms with van der Waals surface area (Å²) in [7, 11) is 0. The quantitative estimate of drug-likeness (QED) is 0.285. The van der Waals surface area contributed by atoms with Crippen LogP contribution in [0.25, 0.3) is 11.5 Å². The van der Waals surface area contributed by atoms with Gasteiger partial charge in [-0.05, 0) is 61.0 Å². The number of nitrogens with one attached hydrogen (secondary N) is 1. The molecule has 2 aliphatic heterocycles. The number of para-hydroxylation sites is 1. The molecule has 0 saturated carbocycles. The first kappa shape index (κ1) is 23.4. The van der Waals surface area contributed by atoms with Crippen molar-refractivity contribution in [1.29, 1.82) is 0 Å². The Hall–Kier alpha value is -4.69. The van der Waals surface area contributed by atoms with Crippen LogP contribution in [-0.4, -0.2) is 32.1 Å². The second kappa shape index (κ2) is 9.25. The van der Waals surface area contributed by atoms with Crippen molar-refractivity contribution in [2.75, 3.05) is 12.1 Å². The zero-order chi connectivity index (χ0) is 26.5. The van der Waals surface area contributed by atoms with E-state index >= 15 is 0 Å². The van der Waals surface area contributed by atoms with Crippen molar-refractivity contribution in [3.05, 3.63) is 119 Å². The summed E-state index contributed by atoms with van der Waals surface area (Å²) in [4.78, 5) is 15.9. The minimum atomic E-state index is -0.413. The fourth-order valence-corrected chi connectivity index (χ4v) is 5.55. The number of rotatable bonds is 3. The highest BCUT2D eigenvalue weighted by Gasteiger charge is 2.36. The maximum Gasteiger partial charge on any atom is 0.322 e. The SMILES string of the molecule is Cc1nn(-c2ccccc2)c2c1CN(C(=O)Nc1ccc3c(c1)OCO3)[C@@H](c1cccc(Cl)c1)c1cccn1-2. The number of urea groups is 1. The van der Waals surface area contributed by atoms with Gasteiger partial charge < -0.3 is 24.3 Å². The molecular formula is C30H24ClN5O3. The van der Waals surface area contributed by atoms with Crippen LogP contribution in [-0.2, 0) is 6.54 Å². The lowest BCUT2D eigenvalue weighted by Crippen LogP contribution is -2.38. The summed E-state index contributed by atoms with van der Waals surface area (Å²) in [6, 6.07) is 26.4. The normalized spacial score (nSPS) is 15.4. The third kappa shape index (κ3) is 4.00. The van der Waals surface area contributed by atoms with Crippen molar-refractivity contribution >= 4 is 23.3 Å². The second-order valence-electron chi connectivity index (χ2n) is 9.52. The van der Waals surface area contributed by atoms with Gasteiger partial charge in [0.1, 0.15) is 5.82 Å². The fourth-order valence-electron chi connectivity index (χ4n) is 5.35. The highest BCUT2D eigenvalue weighted by molar-refractivity contribution is 6.30. The molecule has 0 fully saturated rings. The molecule has 39 heavy (non-hydrogen) atoms. The summed E-state index contributed by atoms with van der Waals surface area (Å²) < 4.78 is 15.0. The molecule has 9 heteroatoms. The summed E-state index contributed by atoms with van der Waals surface area (Å²) >= 11 is 6.45. The zero-order valence-electron chi connectivity index (χ0n) is 21.0. The Bertz CT molecular complexity index is 1710. The monoisotopic (exact) mass is 537 g/mol. The Balaban J connectivity index is 1.38. The molecule has 0 unspecified atom stereocenters. The van der Waals surface area contributed by atoms with Crippen LogP contribution in [0.5, 0.6) is 11.5 Å². The van der Waals surface area contributed by atoms with Gasteiger partial charge in [-0.3, -0.25) is 0 Å². The lowest BCUT2D eigenvalue weighted by atomic mass is 10.0. The Morgan fingerprint density at radius 3 is 2.67 bits per heavy atom. The predicted molar refractivity (Wildman–Crippen MR) is 148 cm³/mol. The highest BCUT2D eigenvalue weighted by Crippen LogP contribution is 2.40. The average molecular weight is 538 g/mol. The minimum absolute atomic E-state index is 0.167. The molecule has 3 aromatic carbocycles. The minimum Gasteiger partial charge on any atom is -0.454 e. The molecule has 2 aliphatic rings. The maximum absolute atomic E-state index is 14.1. The summed E-state index contributed by atoms with van der Waals surface area (Å²) in [5.74, 6) is 2.17. The van der Waals surface area contributed by atoms with Gasteiger partial charge in [-0.25, -0.2) is 9.48 Å². The number of carbonyl (C=O) groups excluding carboxylic acids is 1. The molecule has 7 rings (SSSR count). The number of anilines is 1.